The van der Waals surface area contributed by atoms with Gasteiger partial charge < -0.3 is 4.74 Å². The van der Waals surface area contributed by atoms with Crippen LogP contribution in [0.25, 0.3) is 10.8 Å². The summed E-state index contributed by atoms with van der Waals surface area (Å²) in [5.41, 5.74) is 4.15. The Hall–Kier alpha value is -2.32. The average Bonchev–Trinajstić information content (AvgIpc) is 2.73. The van der Waals surface area contributed by atoms with Crippen LogP contribution in [0.2, 0.25) is 0 Å². The molecular formula is C26H31NO. The predicted octanol–water partition coefficient (Wildman–Crippen LogP) is 6.01. The van der Waals surface area contributed by atoms with Gasteiger partial charge in [0.2, 0.25) is 0 Å². The van der Waals surface area contributed by atoms with Crippen LogP contribution in [0.3, 0.4) is 0 Å². The Kier molecular flexibility index (Phi) is 5.97. The molecule has 1 atom stereocenters. The van der Waals surface area contributed by atoms with Gasteiger partial charge >= 0.3 is 0 Å². The third-order valence-electron chi connectivity index (χ3n) is 5.82. The fourth-order valence-electron chi connectivity index (χ4n) is 4.62. The summed E-state index contributed by atoms with van der Waals surface area (Å²) in [4.78, 5) is 2.69. The number of rotatable bonds is 8. The highest BCUT2D eigenvalue weighted by atomic mass is 16.5. The van der Waals surface area contributed by atoms with Gasteiger partial charge in [0.05, 0.1) is 0 Å². The minimum absolute atomic E-state index is 0.599. The molecule has 0 aromatic heterocycles. The Bertz CT molecular complexity index is 912. The fraction of sp³-hybridized carbons (Fsp3) is 0.385. The van der Waals surface area contributed by atoms with Gasteiger partial charge in [0, 0.05) is 6.04 Å². The lowest BCUT2D eigenvalue weighted by molar-refractivity contribution is 0.191. The van der Waals surface area contributed by atoms with Crippen LogP contribution in [-0.4, -0.2) is 24.0 Å². The molecule has 0 aliphatic heterocycles. The van der Waals surface area contributed by atoms with Crippen LogP contribution in [0.1, 0.15) is 43.4 Å². The van der Waals surface area contributed by atoms with E-state index in [-0.39, 0.29) is 0 Å². The van der Waals surface area contributed by atoms with E-state index in [1.54, 1.807) is 0 Å². The van der Waals surface area contributed by atoms with Crippen LogP contribution >= 0.6 is 0 Å². The zero-order valence-corrected chi connectivity index (χ0v) is 17.2. The van der Waals surface area contributed by atoms with Crippen molar-refractivity contribution in [3.05, 3.63) is 77.4 Å². The smallest absolute Gasteiger partial charge is 0.120 e. The van der Waals surface area contributed by atoms with Gasteiger partial charge in [0.25, 0.3) is 0 Å². The van der Waals surface area contributed by atoms with Gasteiger partial charge in [-0.05, 0) is 78.4 Å². The van der Waals surface area contributed by atoms with E-state index >= 15 is 0 Å². The van der Waals surface area contributed by atoms with E-state index in [1.807, 2.05) is 6.07 Å². The van der Waals surface area contributed by atoms with E-state index in [9.17, 15) is 0 Å². The fourth-order valence-corrected chi connectivity index (χ4v) is 4.62. The Balaban J connectivity index is 1.62. The number of nitrogens with zero attached hydrogens (tertiary/aromatic N) is 1. The van der Waals surface area contributed by atoms with Crippen LogP contribution in [0.4, 0.5) is 0 Å². The molecule has 0 saturated heterocycles. The Labute approximate surface area is 169 Å². The summed E-state index contributed by atoms with van der Waals surface area (Å²) in [6.45, 7) is 7.57. The first kappa shape index (κ1) is 19.0. The molecule has 0 N–H and O–H groups in total. The molecule has 3 aromatic carbocycles. The normalized spacial score (nSPS) is 15.9. The number of benzene rings is 3. The van der Waals surface area contributed by atoms with Gasteiger partial charge in [-0.2, -0.15) is 0 Å². The zero-order chi connectivity index (χ0) is 19.3. The minimum Gasteiger partial charge on any atom is -0.489 e. The van der Waals surface area contributed by atoms with E-state index in [1.165, 1.54) is 53.4 Å². The third-order valence-corrected chi connectivity index (χ3v) is 5.82. The van der Waals surface area contributed by atoms with E-state index in [0.29, 0.717) is 12.6 Å². The van der Waals surface area contributed by atoms with E-state index in [2.05, 4.69) is 73.3 Å². The van der Waals surface area contributed by atoms with Gasteiger partial charge in [0.1, 0.15) is 12.4 Å². The molecule has 1 aliphatic rings. The summed E-state index contributed by atoms with van der Waals surface area (Å²) in [6, 6.07) is 22.3. The molecule has 0 bridgehead atoms. The summed E-state index contributed by atoms with van der Waals surface area (Å²) in [7, 11) is 0. The highest BCUT2D eigenvalue weighted by Gasteiger charge is 2.25. The number of hydrogen-bond donors (Lipinski definition) is 0. The molecule has 1 aliphatic carbocycles. The summed E-state index contributed by atoms with van der Waals surface area (Å²) in [6.07, 6.45) is 4.71. The first-order chi connectivity index (χ1) is 13.8. The Morgan fingerprint density at radius 1 is 0.857 bits per heavy atom. The van der Waals surface area contributed by atoms with Crippen molar-refractivity contribution in [1.82, 2.24) is 4.90 Å². The summed E-state index contributed by atoms with van der Waals surface area (Å²) < 4.78 is 6.18. The van der Waals surface area contributed by atoms with Gasteiger partial charge in [-0.15, -0.1) is 0 Å². The Morgan fingerprint density at radius 3 is 2.36 bits per heavy atom. The maximum absolute atomic E-state index is 6.18. The predicted molar refractivity (Wildman–Crippen MR) is 118 cm³/mol. The molecule has 3 aromatic rings. The maximum Gasteiger partial charge on any atom is 0.120 e. The second-order valence-corrected chi connectivity index (χ2v) is 7.97. The van der Waals surface area contributed by atoms with Gasteiger partial charge in [-0.3, -0.25) is 4.90 Å². The summed E-state index contributed by atoms with van der Waals surface area (Å²) >= 11 is 0. The van der Waals surface area contributed by atoms with Crippen molar-refractivity contribution in [3.8, 4) is 5.75 Å². The molecule has 0 spiro atoms. The highest BCUT2D eigenvalue weighted by molar-refractivity contribution is 5.91. The molecule has 1 unspecified atom stereocenters. The molecule has 146 valence electrons. The van der Waals surface area contributed by atoms with Crippen molar-refractivity contribution in [3.63, 3.8) is 0 Å². The lowest BCUT2D eigenvalue weighted by Crippen LogP contribution is -2.41. The Morgan fingerprint density at radius 2 is 1.61 bits per heavy atom. The van der Waals surface area contributed by atoms with Crippen molar-refractivity contribution in [2.75, 3.05) is 13.1 Å². The van der Waals surface area contributed by atoms with Crippen molar-refractivity contribution in [2.24, 2.45) is 0 Å². The van der Waals surface area contributed by atoms with Crippen molar-refractivity contribution < 1.29 is 4.74 Å². The standard InChI is InChI=1S/C26H31NO/c1-3-13-27(14-4-2)24-15-21-11-8-12-22-17-25(18-23(16-24)26(21)22)28-19-20-9-6-5-7-10-20/h5-12,17-18,24H,3-4,13-16,19H2,1-2H3. The number of hydrogen-bond acceptors (Lipinski definition) is 2. The SMILES string of the molecule is CCCN(CCC)C1Cc2cccc3cc(OCc4ccccc4)cc(c23)C1. The van der Waals surface area contributed by atoms with E-state index < -0.39 is 0 Å². The molecule has 0 saturated carbocycles. The van der Waals surface area contributed by atoms with E-state index in [4.69, 9.17) is 4.74 Å². The first-order valence-corrected chi connectivity index (χ1v) is 10.7. The maximum atomic E-state index is 6.18. The average molecular weight is 374 g/mol. The van der Waals surface area contributed by atoms with E-state index in [0.717, 1.165) is 18.6 Å². The quantitative estimate of drug-likeness (QED) is 0.479. The van der Waals surface area contributed by atoms with Crippen LogP contribution in [0.5, 0.6) is 5.75 Å². The summed E-state index contributed by atoms with van der Waals surface area (Å²) in [5.74, 6) is 0.988. The van der Waals surface area contributed by atoms with Gasteiger partial charge in [-0.25, -0.2) is 0 Å². The van der Waals surface area contributed by atoms with Crippen LogP contribution in [0.15, 0.2) is 60.7 Å². The molecule has 0 amide bonds. The molecule has 2 nitrogen and oxygen atoms in total. The lowest BCUT2D eigenvalue weighted by atomic mass is 9.84. The second kappa shape index (κ2) is 8.79. The molecular weight excluding hydrogens is 342 g/mol. The molecule has 2 heteroatoms. The highest BCUT2D eigenvalue weighted by Crippen LogP contribution is 2.35. The second-order valence-electron chi connectivity index (χ2n) is 7.97. The van der Waals surface area contributed by atoms with Crippen molar-refractivity contribution in [2.45, 2.75) is 52.2 Å². The topological polar surface area (TPSA) is 12.5 Å². The van der Waals surface area contributed by atoms with Gasteiger partial charge in [-0.1, -0.05) is 62.4 Å². The van der Waals surface area contributed by atoms with Crippen molar-refractivity contribution >= 4 is 10.8 Å². The van der Waals surface area contributed by atoms with Crippen LogP contribution < -0.4 is 4.74 Å². The van der Waals surface area contributed by atoms with Gasteiger partial charge in [0.15, 0.2) is 0 Å². The minimum atomic E-state index is 0.599. The molecule has 28 heavy (non-hydrogen) atoms. The molecule has 4 rings (SSSR count). The zero-order valence-electron chi connectivity index (χ0n) is 17.2. The van der Waals surface area contributed by atoms with Crippen LogP contribution in [-0.2, 0) is 19.4 Å². The first-order valence-electron chi connectivity index (χ1n) is 10.7. The monoisotopic (exact) mass is 373 g/mol. The van der Waals surface area contributed by atoms with Crippen LogP contribution in [0, 0.1) is 0 Å². The molecule has 0 radical (unpaired) electrons. The van der Waals surface area contributed by atoms with Crippen molar-refractivity contribution in [1.29, 1.82) is 0 Å². The molecule has 0 heterocycles. The largest absolute Gasteiger partial charge is 0.489 e. The lowest BCUT2D eigenvalue weighted by Gasteiger charge is -2.35. The number of ether oxygens (including phenoxy) is 1. The summed E-state index contributed by atoms with van der Waals surface area (Å²) in [5, 5.41) is 2.77. The molecule has 0 fully saturated rings. The third kappa shape index (κ3) is 4.07.